The Morgan fingerprint density at radius 3 is 2.00 bits per heavy atom. The summed E-state index contributed by atoms with van der Waals surface area (Å²) in [7, 11) is 0. The highest BCUT2D eigenvalue weighted by Gasteiger charge is 2.30. The Kier molecular flexibility index (Phi) is 3.90. The Balaban J connectivity index is 2.10. The van der Waals surface area contributed by atoms with E-state index in [0.29, 0.717) is 12.0 Å². The van der Waals surface area contributed by atoms with Crippen molar-refractivity contribution < 1.29 is 18.3 Å². The van der Waals surface area contributed by atoms with Crippen LogP contribution in [-0.2, 0) is 12.6 Å². The van der Waals surface area contributed by atoms with Gasteiger partial charge < -0.3 is 5.11 Å². The lowest BCUT2D eigenvalue weighted by atomic mass is 10.0. The monoisotopic (exact) mass is 266 g/mol. The summed E-state index contributed by atoms with van der Waals surface area (Å²) in [6, 6.07) is 13.9. The third kappa shape index (κ3) is 3.58. The lowest BCUT2D eigenvalue weighted by Gasteiger charge is -2.12. The summed E-state index contributed by atoms with van der Waals surface area (Å²) in [5.74, 6) is 0. The van der Waals surface area contributed by atoms with Crippen molar-refractivity contribution >= 4 is 0 Å². The SMILES string of the molecule is O[C@H](Cc1ccccc1)c1ccc(C(F)(F)F)cc1. The van der Waals surface area contributed by atoms with Crippen molar-refractivity contribution in [3.63, 3.8) is 0 Å². The van der Waals surface area contributed by atoms with E-state index in [1.54, 1.807) is 0 Å². The molecule has 0 aliphatic rings. The minimum atomic E-state index is -4.34. The highest BCUT2D eigenvalue weighted by molar-refractivity contribution is 5.27. The highest BCUT2D eigenvalue weighted by Crippen LogP contribution is 2.30. The highest BCUT2D eigenvalue weighted by atomic mass is 19.4. The summed E-state index contributed by atoms with van der Waals surface area (Å²) in [6.07, 6.45) is -4.76. The molecule has 0 aliphatic carbocycles. The molecule has 0 heterocycles. The second-order valence-electron chi connectivity index (χ2n) is 4.33. The minimum absolute atomic E-state index is 0.381. The van der Waals surface area contributed by atoms with Gasteiger partial charge in [0.25, 0.3) is 0 Å². The largest absolute Gasteiger partial charge is 0.416 e. The predicted octanol–water partition coefficient (Wildman–Crippen LogP) is 3.98. The Morgan fingerprint density at radius 1 is 0.895 bits per heavy atom. The third-order valence-electron chi connectivity index (χ3n) is 2.89. The number of halogens is 3. The quantitative estimate of drug-likeness (QED) is 0.890. The Hall–Kier alpha value is -1.81. The van der Waals surface area contributed by atoms with E-state index in [2.05, 4.69) is 0 Å². The van der Waals surface area contributed by atoms with E-state index in [0.717, 1.165) is 17.7 Å². The van der Waals surface area contributed by atoms with Crippen LogP contribution in [0, 0.1) is 0 Å². The van der Waals surface area contributed by atoms with Crippen LogP contribution in [0.1, 0.15) is 22.8 Å². The van der Waals surface area contributed by atoms with Gasteiger partial charge in [0.05, 0.1) is 11.7 Å². The first-order valence-corrected chi connectivity index (χ1v) is 5.86. The molecule has 0 amide bonds. The molecule has 0 aliphatic heterocycles. The van der Waals surface area contributed by atoms with Gasteiger partial charge in [-0.25, -0.2) is 0 Å². The van der Waals surface area contributed by atoms with Gasteiger partial charge in [0, 0.05) is 6.42 Å². The van der Waals surface area contributed by atoms with Gasteiger partial charge in [0.2, 0.25) is 0 Å². The summed E-state index contributed by atoms with van der Waals surface area (Å²) in [6.45, 7) is 0. The normalized spacial score (nSPS) is 13.3. The lowest BCUT2D eigenvalue weighted by molar-refractivity contribution is -0.137. The van der Waals surface area contributed by atoms with Crippen LogP contribution in [0.4, 0.5) is 13.2 Å². The van der Waals surface area contributed by atoms with Gasteiger partial charge in [-0.2, -0.15) is 13.2 Å². The molecule has 0 aromatic heterocycles. The van der Waals surface area contributed by atoms with Crippen molar-refractivity contribution in [1.29, 1.82) is 0 Å². The zero-order valence-corrected chi connectivity index (χ0v) is 10.1. The van der Waals surface area contributed by atoms with Gasteiger partial charge in [-0.1, -0.05) is 42.5 Å². The second kappa shape index (κ2) is 5.45. The molecule has 0 unspecified atom stereocenters. The minimum Gasteiger partial charge on any atom is -0.388 e. The molecule has 2 aromatic carbocycles. The number of aliphatic hydroxyl groups excluding tert-OH is 1. The molecule has 0 spiro atoms. The van der Waals surface area contributed by atoms with E-state index in [4.69, 9.17) is 0 Å². The first-order valence-electron chi connectivity index (χ1n) is 5.86. The van der Waals surface area contributed by atoms with Crippen molar-refractivity contribution in [3.05, 3.63) is 71.3 Å². The van der Waals surface area contributed by atoms with Crippen LogP contribution < -0.4 is 0 Å². The van der Waals surface area contributed by atoms with E-state index >= 15 is 0 Å². The molecule has 1 atom stereocenters. The fourth-order valence-corrected chi connectivity index (χ4v) is 1.85. The van der Waals surface area contributed by atoms with Crippen LogP contribution in [0.2, 0.25) is 0 Å². The maximum atomic E-state index is 12.4. The first-order chi connectivity index (χ1) is 8.97. The summed E-state index contributed by atoms with van der Waals surface area (Å²) in [5.41, 5.74) is 0.718. The molecule has 4 heteroatoms. The first kappa shape index (κ1) is 13.6. The molecule has 2 aromatic rings. The molecule has 0 radical (unpaired) electrons. The van der Waals surface area contributed by atoms with Crippen LogP contribution in [0.5, 0.6) is 0 Å². The molecular formula is C15H13F3O. The topological polar surface area (TPSA) is 20.2 Å². The summed E-state index contributed by atoms with van der Waals surface area (Å²) >= 11 is 0. The number of rotatable bonds is 3. The van der Waals surface area contributed by atoms with E-state index in [9.17, 15) is 18.3 Å². The van der Waals surface area contributed by atoms with Gasteiger partial charge in [-0.3, -0.25) is 0 Å². The maximum absolute atomic E-state index is 12.4. The lowest BCUT2D eigenvalue weighted by Crippen LogP contribution is -2.06. The van der Waals surface area contributed by atoms with E-state index in [1.165, 1.54) is 12.1 Å². The third-order valence-corrected chi connectivity index (χ3v) is 2.89. The molecule has 19 heavy (non-hydrogen) atoms. The molecular weight excluding hydrogens is 253 g/mol. The smallest absolute Gasteiger partial charge is 0.388 e. The van der Waals surface area contributed by atoms with Gasteiger partial charge >= 0.3 is 6.18 Å². The zero-order chi connectivity index (χ0) is 13.9. The molecule has 2 rings (SSSR count). The molecule has 1 nitrogen and oxygen atoms in total. The van der Waals surface area contributed by atoms with Crippen LogP contribution in [0.15, 0.2) is 54.6 Å². The molecule has 0 saturated heterocycles. The molecule has 0 bridgehead atoms. The van der Waals surface area contributed by atoms with Crippen molar-refractivity contribution in [2.24, 2.45) is 0 Å². The molecule has 0 saturated carbocycles. The summed E-state index contributed by atoms with van der Waals surface area (Å²) in [5, 5.41) is 9.99. The molecule has 0 fully saturated rings. The van der Waals surface area contributed by atoms with Crippen molar-refractivity contribution in [3.8, 4) is 0 Å². The van der Waals surface area contributed by atoms with E-state index in [-0.39, 0.29) is 0 Å². The van der Waals surface area contributed by atoms with Gasteiger partial charge in [0.15, 0.2) is 0 Å². The van der Waals surface area contributed by atoms with Crippen molar-refractivity contribution in [1.82, 2.24) is 0 Å². The summed E-state index contributed by atoms with van der Waals surface area (Å²) in [4.78, 5) is 0. The van der Waals surface area contributed by atoms with E-state index < -0.39 is 17.8 Å². The number of benzene rings is 2. The fourth-order valence-electron chi connectivity index (χ4n) is 1.85. The molecule has 1 N–H and O–H groups in total. The Labute approximate surface area is 109 Å². The zero-order valence-electron chi connectivity index (χ0n) is 10.1. The molecule has 100 valence electrons. The van der Waals surface area contributed by atoms with E-state index in [1.807, 2.05) is 30.3 Å². The van der Waals surface area contributed by atoms with Crippen molar-refractivity contribution in [2.75, 3.05) is 0 Å². The van der Waals surface area contributed by atoms with Crippen LogP contribution in [0.25, 0.3) is 0 Å². The maximum Gasteiger partial charge on any atom is 0.416 e. The van der Waals surface area contributed by atoms with Gasteiger partial charge in [-0.15, -0.1) is 0 Å². The summed E-state index contributed by atoms with van der Waals surface area (Å²) < 4.78 is 37.2. The Bertz CT molecular complexity index is 517. The number of alkyl halides is 3. The second-order valence-corrected chi connectivity index (χ2v) is 4.33. The van der Waals surface area contributed by atoms with Crippen LogP contribution >= 0.6 is 0 Å². The van der Waals surface area contributed by atoms with Crippen LogP contribution in [-0.4, -0.2) is 5.11 Å². The number of hydrogen-bond acceptors (Lipinski definition) is 1. The Morgan fingerprint density at radius 2 is 1.47 bits per heavy atom. The van der Waals surface area contributed by atoms with Gasteiger partial charge in [0.1, 0.15) is 0 Å². The van der Waals surface area contributed by atoms with Crippen molar-refractivity contribution in [2.45, 2.75) is 18.7 Å². The number of aliphatic hydroxyl groups is 1. The number of hydrogen-bond donors (Lipinski definition) is 1. The average Bonchev–Trinajstić information content (AvgIpc) is 2.39. The average molecular weight is 266 g/mol. The van der Waals surface area contributed by atoms with Crippen LogP contribution in [0.3, 0.4) is 0 Å². The van der Waals surface area contributed by atoms with Gasteiger partial charge in [-0.05, 0) is 23.3 Å². The standard InChI is InChI=1S/C15H13F3O/c16-15(17,18)13-8-6-12(7-9-13)14(19)10-11-4-2-1-3-5-11/h1-9,14,19H,10H2/t14-/m1/s1. The predicted molar refractivity (Wildman–Crippen MR) is 66.5 cm³/mol. The fraction of sp³-hybridized carbons (Fsp3) is 0.200.